The zero-order valence-corrected chi connectivity index (χ0v) is 10.5. The van der Waals surface area contributed by atoms with Gasteiger partial charge in [-0.1, -0.05) is 12.1 Å². The molecule has 1 aromatic rings. The molecule has 0 aliphatic carbocycles. The lowest BCUT2D eigenvalue weighted by atomic mass is 10.2. The van der Waals surface area contributed by atoms with E-state index in [0.717, 1.165) is 0 Å². The molecule has 3 N–H and O–H groups in total. The zero-order valence-electron chi connectivity index (χ0n) is 10.5. The van der Waals surface area contributed by atoms with Crippen molar-refractivity contribution in [1.29, 1.82) is 5.26 Å². The normalized spacial score (nSPS) is 10.5. The maximum atomic E-state index is 11.8. The number of aliphatic hydroxyl groups is 1. The number of para-hydroxylation sites is 2. The highest BCUT2D eigenvalue weighted by atomic mass is 16.5. The van der Waals surface area contributed by atoms with Crippen molar-refractivity contribution in [2.45, 2.75) is 0 Å². The van der Waals surface area contributed by atoms with Crippen LogP contribution in [-0.2, 0) is 4.79 Å². The summed E-state index contributed by atoms with van der Waals surface area (Å²) in [5.74, 6) is -0.0334. The van der Waals surface area contributed by atoms with Crippen LogP contribution < -0.4 is 15.4 Å². The molecule has 0 atom stereocenters. The van der Waals surface area contributed by atoms with Gasteiger partial charge in [-0.25, -0.2) is 0 Å². The molecule has 0 saturated carbocycles. The zero-order chi connectivity index (χ0) is 14.1. The van der Waals surface area contributed by atoms with Gasteiger partial charge in [-0.3, -0.25) is 4.79 Å². The number of nitrogens with zero attached hydrogens (tertiary/aromatic N) is 1. The second-order valence-corrected chi connectivity index (χ2v) is 3.50. The lowest BCUT2D eigenvalue weighted by molar-refractivity contribution is -0.112. The van der Waals surface area contributed by atoms with Gasteiger partial charge in [0.2, 0.25) is 0 Å². The summed E-state index contributed by atoms with van der Waals surface area (Å²) in [5, 5.41) is 22.7. The lowest BCUT2D eigenvalue weighted by Gasteiger charge is -2.09. The van der Waals surface area contributed by atoms with Crippen LogP contribution in [0.4, 0.5) is 5.69 Å². The van der Waals surface area contributed by atoms with E-state index in [9.17, 15) is 4.79 Å². The van der Waals surface area contributed by atoms with Crippen LogP contribution in [0.25, 0.3) is 0 Å². The van der Waals surface area contributed by atoms with Gasteiger partial charge in [-0.2, -0.15) is 5.26 Å². The van der Waals surface area contributed by atoms with E-state index >= 15 is 0 Å². The molecule has 1 rings (SSSR count). The van der Waals surface area contributed by atoms with Crippen molar-refractivity contribution in [2.24, 2.45) is 0 Å². The fraction of sp³-hybridized carbons (Fsp3) is 0.231. The topological polar surface area (TPSA) is 94.4 Å². The van der Waals surface area contributed by atoms with Crippen molar-refractivity contribution in [3.05, 3.63) is 36.0 Å². The first-order chi connectivity index (χ1) is 9.22. The molecule has 0 aliphatic heterocycles. The number of hydrogen-bond acceptors (Lipinski definition) is 5. The Balaban J connectivity index is 2.78. The van der Waals surface area contributed by atoms with Gasteiger partial charge in [0.15, 0.2) is 0 Å². The Bertz CT molecular complexity index is 506. The van der Waals surface area contributed by atoms with Gasteiger partial charge < -0.3 is 20.5 Å². The first-order valence-corrected chi connectivity index (χ1v) is 5.61. The number of benzene rings is 1. The van der Waals surface area contributed by atoms with E-state index in [0.29, 0.717) is 11.4 Å². The van der Waals surface area contributed by atoms with E-state index in [1.807, 2.05) is 0 Å². The number of methoxy groups -OCH3 is 1. The van der Waals surface area contributed by atoms with Crippen LogP contribution in [0.2, 0.25) is 0 Å². The molecule has 0 fully saturated rings. The van der Waals surface area contributed by atoms with Crippen LogP contribution in [0.3, 0.4) is 0 Å². The van der Waals surface area contributed by atoms with E-state index in [-0.39, 0.29) is 18.7 Å². The summed E-state index contributed by atoms with van der Waals surface area (Å²) in [6.45, 7) is 0.191. The number of nitrogens with one attached hydrogen (secondary N) is 2. The number of carbonyl (C=O) groups excluding carboxylic acids is 1. The standard InChI is InChI=1S/C13H15N3O3/c1-19-12-5-3-2-4-11(12)16-13(18)10(8-14)9-15-6-7-17/h2-5,9,15,17H,6-7H2,1H3,(H,16,18)/b10-9-. The van der Waals surface area contributed by atoms with E-state index in [2.05, 4.69) is 10.6 Å². The van der Waals surface area contributed by atoms with E-state index in [1.165, 1.54) is 13.3 Å². The molecule has 0 aromatic heterocycles. The quantitative estimate of drug-likeness (QED) is 0.396. The number of nitriles is 1. The number of amides is 1. The molecule has 0 unspecified atom stereocenters. The highest BCUT2D eigenvalue weighted by molar-refractivity contribution is 6.07. The second kappa shape index (κ2) is 7.74. The highest BCUT2D eigenvalue weighted by Gasteiger charge is 2.11. The maximum absolute atomic E-state index is 11.8. The Morgan fingerprint density at radius 2 is 2.26 bits per heavy atom. The molecule has 6 nitrogen and oxygen atoms in total. The molecule has 0 aliphatic rings. The molecular formula is C13H15N3O3. The van der Waals surface area contributed by atoms with E-state index in [4.69, 9.17) is 15.1 Å². The van der Waals surface area contributed by atoms with Gasteiger partial charge in [0.1, 0.15) is 17.4 Å². The van der Waals surface area contributed by atoms with Gasteiger partial charge in [0, 0.05) is 12.7 Å². The largest absolute Gasteiger partial charge is 0.495 e. The summed E-state index contributed by atoms with van der Waals surface area (Å²) in [7, 11) is 1.49. The number of rotatable bonds is 6. The van der Waals surface area contributed by atoms with Crippen molar-refractivity contribution in [3.8, 4) is 11.8 Å². The minimum absolute atomic E-state index is 0.0800. The fourth-order valence-electron chi connectivity index (χ4n) is 1.32. The average Bonchev–Trinajstić information content (AvgIpc) is 2.44. The summed E-state index contributed by atoms with van der Waals surface area (Å²) in [4.78, 5) is 11.8. The highest BCUT2D eigenvalue weighted by Crippen LogP contribution is 2.23. The second-order valence-electron chi connectivity index (χ2n) is 3.50. The third kappa shape index (κ3) is 4.33. The number of anilines is 1. The SMILES string of the molecule is COc1ccccc1NC(=O)/C(C#N)=C\NCCO. The summed E-state index contributed by atoms with van der Waals surface area (Å²) in [6, 6.07) is 8.68. The Morgan fingerprint density at radius 1 is 1.53 bits per heavy atom. The van der Waals surface area contributed by atoms with Crippen LogP contribution in [0, 0.1) is 11.3 Å². The molecule has 0 bridgehead atoms. The molecule has 1 aromatic carbocycles. The van der Waals surface area contributed by atoms with Crippen molar-refractivity contribution >= 4 is 11.6 Å². The van der Waals surface area contributed by atoms with Gasteiger partial charge in [-0.05, 0) is 12.1 Å². The van der Waals surface area contributed by atoms with E-state index < -0.39 is 5.91 Å². The van der Waals surface area contributed by atoms with Gasteiger partial charge in [0.25, 0.3) is 5.91 Å². The lowest BCUT2D eigenvalue weighted by Crippen LogP contribution is -2.18. The van der Waals surface area contributed by atoms with Gasteiger partial charge >= 0.3 is 0 Å². The van der Waals surface area contributed by atoms with Crippen molar-refractivity contribution in [1.82, 2.24) is 5.32 Å². The minimum atomic E-state index is -0.544. The molecule has 0 spiro atoms. The average molecular weight is 261 g/mol. The van der Waals surface area contributed by atoms with Gasteiger partial charge in [0.05, 0.1) is 19.4 Å². The van der Waals surface area contributed by atoms with Crippen LogP contribution in [0.15, 0.2) is 36.0 Å². The Morgan fingerprint density at radius 3 is 2.89 bits per heavy atom. The van der Waals surface area contributed by atoms with Crippen molar-refractivity contribution < 1.29 is 14.6 Å². The first kappa shape index (κ1) is 14.5. The first-order valence-electron chi connectivity index (χ1n) is 5.61. The van der Waals surface area contributed by atoms with Gasteiger partial charge in [-0.15, -0.1) is 0 Å². The predicted octanol–water partition coefficient (Wildman–Crippen LogP) is 0.623. The molecular weight excluding hydrogens is 246 g/mol. The van der Waals surface area contributed by atoms with Crippen LogP contribution >= 0.6 is 0 Å². The maximum Gasteiger partial charge on any atom is 0.267 e. The Hall–Kier alpha value is -2.52. The minimum Gasteiger partial charge on any atom is -0.495 e. The summed E-state index contributed by atoms with van der Waals surface area (Å²) < 4.78 is 5.09. The molecule has 0 heterocycles. The monoisotopic (exact) mass is 261 g/mol. The van der Waals surface area contributed by atoms with Crippen LogP contribution in [0.5, 0.6) is 5.75 Å². The molecule has 0 saturated heterocycles. The number of aliphatic hydroxyl groups excluding tert-OH is 1. The summed E-state index contributed by atoms with van der Waals surface area (Å²) >= 11 is 0. The third-order valence-corrected chi connectivity index (χ3v) is 2.22. The number of carbonyl (C=O) groups is 1. The third-order valence-electron chi connectivity index (χ3n) is 2.22. The number of hydrogen-bond donors (Lipinski definition) is 3. The van der Waals surface area contributed by atoms with Crippen molar-refractivity contribution in [3.63, 3.8) is 0 Å². The van der Waals surface area contributed by atoms with Crippen LogP contribution in [-0.4, -0.2) is 31.3 Å². The summed E-state index contributed by atoms with van der Waals surface area (Å²) in [5.41, 5.74) is 0.401. The smallest absolute Gasteiger partial charge is 0.267 e. The molecule has 6 heteroatoms. The number of ether oxygens (including phenoxy) is 1. The van der Waals surface area contributed by atoms with Crippen molar-refractivity contribution in [2.75, 3.05) is 25.6 Å². The van der Waals surface area contributed by atoms with Crippen LogP contribution in [0.1, 0.15) is 0 Å². The molecule has 100 valence electrons. The predicted molar refractivity (Wildman–Crippen MR) is 70.4 cm³/mol. The summed E-state index contributed by atoms with van der Waals surface area (Å²) in [6.07, 6.45) is 1.26. The Kier molecular flexibility index (Phi) is 5.92. The van der Waals surface area contributed by atoms with E-state index in [1.54, 1.807) is 30.3 Å². The molecule has 1 amide bonds. The molecule has 19 heavy (non-hydrogen) atoms. The Labute approximate surface area is 111 Å². The fourth-order valence-corrected chi connectivity index (χ4v) is 1.32. The molecule has 0 radical (unpaired) electrons.